The molecule has 3 nitrogen and oxygen atoms in total. The van der Waals surface area contributed by atoms with Crippen LogP contribution in [0.4, 0.5) is 0 Å². The number of carbonyl (C=O) groups is 1. The molecule has 0 aliphatic heterocycles. The molecule has 4 aliphatic carbocycles. The standard InChI is InChI=1S/C21H34O3/c1-19-11-13(12-22)18(23)10-14(19)4-5-15-16(19)6-8-20(2)17(15)7-9-21(20,3)24/h13-17,22,24H,4-12H2,1-3H3/t13-,14+,15-,16+,17+,19+,20+,21-/m1/s1. The fourth-order valence-corrected chi connectivity index (χ4v) is 7.65. The third kappa shape index (κ3) is 2.06. The molecule has 0 radical (unpaired) electrons. The first-order valence-electron chi connectivity index (χ1n) is 10.1. The number of hydrogen-bond donors (Lipinski definition) is 2. The molecule has 4 fully saturated rings. The van der Waals surface area contributed by atoms with Crippen LogP contribution in [0.5, 0.6) is 0 Å². The second kappa shape index (κ2) is 5.30. The second-order valence-electron chi connectivity index (χ2n) is 10.2. The molecule has 8 atom stereocenters. The molecule has 4 rings (SSSR count). The molecule has 0 heterocycles. The second-order valence-corrected chi connectivity index (χ2v) is 10.2. The summed E-state index contributed by atoms with van der Waals surface area (Å²) in [5, 5.41) is 20.6. The summed E-state index contributed by atoms with van der Waals surface area (Å²) >= 11 is 0. The average Bonchev–Trinajstić information content (AvgIpc) is 2.77. The van der Waals surface area contributed by atoms with Gasteiger partial charge in [0.2, 0.25) is 0 Å². The summed E-state index contributed by atoms with van der Waals surface area (Å²) in [5.41, 5.74) is -0.241. The van der Waals surface area contributed by atoms with Crippen molar-refractivity contribution in [3.63, 3.8) is 0 Å². The van der Waals surface area contributed by atoms with E-state index in [4.69, 9.17) is 0 Å². The van der Waals surface area contributed by atoms with Crippen LogP contribution in [0, 0.1) is 40.4 Å². The summed E-state index contributed by atoms with van der Waals surface area (Å²) in [6, 6.07) is 0. The molecule has 3 heteroatoms. The summed E-state index contributed by atoms with van der Waals surface area (Å²) in [4.78, 5) is 12.3. The molecule has 0 bridgehead atoms. The van der Waals surface area contributed by atoms with Crippen LogP contribution in [0.25, 0.3) is 0 Å². The lowest BCUT2D eigenvalue weighted by Crippen LogP contribution is -2.57. The Kier molecular flexibility index (Phi) is 3.76. The number of aliphatic hydroxyl groups is 2. The highest BCUT2D eigenvalue weighted by Crippen LogP contribution is 2.68. The minimum absolute atomic E-state index is 0.0222. The SMILES string of the molecule is C[C@]12C[C@H](CO)C(=O)C[C@@H]1CC[C@@H]1[C@@H]2CC[C@@]2(C)[C@H]1CC[C@@]2(C)O. The largest absolute Gasteiger partial charge is 0.396 e. The van der Waals surface area contributed by atoms with Crippen molar-refractivity contribution >= 4 is 5.78 Å². The monoisotopic (exact) mass is 334 g/mol. The van der Waals surface area contributed by atoms with Crippen LogP contribution in [0.2, 0.25) is 0 Å². The average molecular weight is 335 g/mol. The van der Waals surface area contributed by atoms with Crippen molar-refractivity contribution in [2.24, 2.45) is 40.4 Å². The number of ketones is 1. The third-order valence-electron chi connectivity index (χ3n) is 9.44. The Morgan fingerprint density at radius 3 is 2.46 bits per heavy atom. The van der Waals surface area contributed by atoms with Crippen LogP contribution in [-0.2, 0) is 4.79 Å². The van der Waals surface area contributed by atoms with Crippen molar-refractivity contribution in [2.45, 2.75) is 77.7 Å². The Hall–Kier alpha value is -0.410. The summed E-state index contributed by atoms with van der Waals surface area (Å²) in [7, 11) is 0. The molecule has 136 valence electrons. The lowest BCUT2D eigenvalue weighted by atomic mass is 9.44. The predicted octanol–water partition coefficient (Wildman–Crippen LogP) is 3.57. The van der Waals surface area contributed by atoms with Gasteiger partial charge < -0.3 is 10.2 Å². The lowest BCUT2D eigenvalue weighted by molar-refractivity contribution is -0.160. The number of fused-ring (bicyclic) bond motifs is 5. The van der Waals surface area contributed by atoms with E-state index < -0.39 is 5.60 Å². The first-order valence-corrected chi connectivity index (χ1v) is 10.1. The summed E-state index contributed by atoms with van der Waals surface area (Å²) < 4.78 is 0. The molecule has 24 heavy (non-hydrogen) atoms. The van der Waals surface area contributed by atoms with E-state index in [0.717, 1.165) is 32.1 Å². The van der Waals surface area contributed by atoms with Crippen molar-refractivity contribution < 1.29 is 15.0 Å². The molecule has 0 aromatic heterocycles. The lowest BCUT2D eigenvalue weighted by Gasteiger charge is -2.61. The maximum atomic E-state index is 12.3. The quantitative estimate of drug-likeness (QED) is 0.771. The van der Waals surface area contributed by atoms with Gasteiger partial charge in [-0.05, 0) is 86.4 Å². The normalized spacial score (nSPS) is 57.2. The molecule has 0 unspecified atom stereocenters. The number of rotatable bonds is 1. The van der Waals surface area contributed by atoms with Gasteiger partial charge in [0.25, 0.3) is 0 Å². The van der Waals surface area contributed by atoms with Gasteiger partial charge in [0.15, 0.2) is 0 Å². The summed E-state index contributed by atoms with van der Waals surface area (Å²) in [6.45, 7) is 6.83. The minimum atomic E-state index is -0.517. The van der Waals surface area contributed by atoms with Crippen LogP contribution < -0.4 is 0 Å². The highest BCUT2D eigenvalue weighted by atomic mass is 16.3. The molecule has 4 saturated carbocycles. The van der Waals surface area contributed by atoms with E-state index in [1.165, 1.54) is 12.8 Å². The van der Waals surface area contributed by atoms with E-state index in [2.05, 4.69) is 20.8 Å². The highest BCUT2D eigenvalue weighted by molar-refractivity contribution is 5.82. The van der Waals surface area contributed by atoms with Crippen LogP contribution in [0.15, 0.2) is 0 Å². The maximum absolute atomic E-state index is 12.3. The van der Waals surface area contributed by atoms with E-state index in [-0.39, 0.29) is 23.4 Å². The Bertz CT molecular complexity index is 541. The molecule has 0 aromatic rings. The van der Waals surface area contributed by atoms with E-state index in [0.29, 0.717) is 35.9 Å². The van der Waals surface area contributed by atoms with Gasteiger partial charge in [-0.3, -0.25) is 4.79 Å². The van der Waals surface area contributed by atoms with Gasteiger partial charge in [-0.15, -0.1) is 0 Å². The molecular formula is C21H34O3. The molecule has 2 N–H and O–H groups in total. The van der Waals surface area contributed by atoms with E-state index in [1.807, 2.05) is 0 Å². The molecule has 0 aromatic carbocycles. The van der Waals surface area contributed by atoms with Crippen molar-refractivity contribution in [3.8, 4) is 0 Å². The first-order chi connectivity index (χ1) is 11.2. The first kappa shape index (κ1) is 17.0. The molecule has 0 spiro atoms. The fraction of sp³-hybridized carbons (Fsp3) is 0.952. The molecule has 0 amide bonds. The Labute approximate surface area is 146 Å². The van der Waals surface area contributed by atoms with Gasteiger partial charge in [0, 0.05) is 12.3 Å². The van der Waals surface area contributed by atoms with E-state index in [9.17, 15) is 15.0 Å². The Balaban J connectivity index is 1.65. The topological polar surface area (TPSA) is 57.5 Å². The van der Waals surface area contributed by atoms with Gasteiger partial charge in [-0.25, -0.2) is 0 Å². The zero-order valence-corrected chi connectivity index (χ0v) is 15.6. The third-order valence-corrected chi connectivity index (χ3v) is 9.44. The van der Waals surface area contributed by atoms with Crippen LogP contribution in [0.1, 0.15) is 72.1 Å². The Morgan fingerprint density at radius 2 is 1.75 bits per heavy atom. The molecule has 0 saturated heterocycles. The van der Waals surface area contributed by atoms with E-state index >= 15 is 0 Å². The van der Waals surface area contributed by atoms with Crippen molar-refractivity contribution in [2.75, 3.05) is 6.61 Å². The molecule has 4 aliphatic rings. The predicted molar refractivity (Wildman–Crippen MR) is 93.3 cm³/mol. The van der Waals surface area contributed by atoms with Crippen LogP contribution >= 0.6 is 0 Å². The maximum Gasteiger partial charge on any atom is 0.138 e. The van der Waals surface area contributed by atoms with E-state index in [1.54, 1.807) is 0 Å². The number of aliphatic hydroxyl groups excluding tert-OH is 1. The summed E-state index contributed by atoms with van der Waals surface area (Å²) in [6.07, 6.45) is 8.37. The van der Waals surface area contributed by atoms with Crippen LogP contribution in [-0.4, -0.2) is 28.2 Å². The van der Waals surface area contributed by atoms with Crippen molar-refractivity contribution in [1.82, 2.24) is 0 Å². The summed E-state index contributed by atoms with van der Waals surface area (Å²) in [5.74, 6) is 2.68. The zero-order chi connectivity index (χ0) is 17.3. The smallest absolute Gasteiger partial charge is 0.138 e. The molecular weight excluding hydrogens is 300 g/mol. The Morgan fingerprint density at radius 1 is 1.04 bits per heavy atom. The van der Waals surface area contributed by atoms with Crippen molar-refractivity contribution in [1.29, 1.82) is 0 Å². The fourth-order valence-electron chi connectivity index (χ4n) is 7.65. The van der Waals surface area contributed by atoms with Gasteiger partial charge in [-0.2, -0.15) is 0 Å². The van der Waals surface area contributed by atoms with Gasteiger partial charge in [-0.1, -0.05) is 13.8 Å². The van der Waals surface area contributed by atoms with Gasteiger partial charge in [0.1, 0.15) is 5.78 Å². The number of Topliss-reactive ketones (excluding diaryl/α,β-unsaturated/α-hetero) is 1. The minimum Gasteiger partial charge on any atom is -0.396 e. The highest BCUT2D eigenvalue weighted by Gasteiger charge is 2.63. The number of hydrogen-bond acceptors (Lipinski definition) is 3. The van der Waals surface area contributed by atoms with Crippen LogP contribution in [0.3, 0.4) is 0 Å². The number of carbonyl (C=O) groups excluding carboxylic acids is 1. The van der Waals surface area contributed by atoms with Gasteiger partial charge in [0.05, 0.1) is 12.2 Å². The van der Waals surface area contributed by atoms with Gasteiger partial charge >= 0.3 is 0 Å². The van der Waals surface area contributed by atoms with Crippen molar-refractivity contribution in [3.05, 3.63) is 0 Å². The zero-order valence-electron chi connectivity index (χ0n) is 15.6.